The van der Waals surface area contributed by atoms with Gasteiger partial charge in [-0.3, -0.25) is 9.69 Å². The third-order valence-corrected chi connectivity index (χ3v) is 6.81. The lowest BCUT2D eigenvalue weighted by Crippen LogP contribution is -2.54. The van der Waals surface area contributed by atoms with Gasteiger partial charge in [-0.15, -0.1) is 0 Å². The molecule has 2 N–H and O–H groups in total. The van der Waals surface area contributed by atoms with Crippen LogP contribution >= 0.6 is 11.6 Å². The average Bonchev–Trinajstić information content (AvgIpc) is 3.31. The van der Waals surface area contributed by atoms with Crippen LogP contribution in [0.15, 0.2) is 24.5 Å². The van der Waals surface area contributed by atoms with Crippen molar-refractivity contribution in [3.8, 4) is 0 Å². The Hall–Kier alpha value is -2.59. The molecule has 1 aliphatic carbocycles. The highest BCUT2D eigenvalue weighted by Gasteiger charge is 2.58. The van der Waals surface area contributed by atoms with Gasteiger partial charge in [0.2, 0.25) is 5.95 Å². The van der Waals surface area contributed by atoms with E-state index in [-0.39, 0.29) is 35.1 Å². The second-order valence-corrected chi connectivity index (χ2v) is 9.05. The van der Waals surface area contributed by atoms with E-state index in [1.165, 1.54) is 13.2 Å². The zero-order valence-corrected chi connectivity index (χ0v) is 18.3. The van der Waals surface area contributed by atoms with Gasteiger partial charge in [0.1, 0.15) is 11.5 Å². The highest BCUT2D eigenvalue weighted by Crippen LogP contribution is 2.50. The Bertz CT molecular complexity index is 1020. The van der Waals surface area contributed by atoms with Crippen LogP contribution in [-0.2, 0) is 0 Å². The largest absolute Gasteiger partial charge is 0.354 e. The van der Waals surface area contributed by atoms with Gasteiger partial charge >= 0.3 is 0 Å². The number of rotatable bonds is 6. The molecule has 32 heavy (non-hydrogen) atoms. The van der Waals surface area contributed by atoms with Gasteiger partial charge in [-0.25, -0.2) is 18.7 Å². The molecular weight excluding hydrogens is 440 g/mol. The summed E-state index contributed by atoms with van der Waals surface area (Å²) in [6, 6.07) is 4.01. The van der Waals surface area contributed by atoms with E-state index in [4.69, 9.17) is 11.6 Å². The van der Waals surface area contributed by atoms with Crippen molar-refractivity contribution in [1.29, 1.82) is 0 Å². The van der Waals surface area contributed by atoms with Gasteiger partial charge in [0, 0.05) is 57.3 Å². The van der Waals surface area contributed by atoms with Gasteiger partial charge in [-0.2, -0.15) is 4.98 Å². The Morgan fingerprint density at radius 1 is 1.28 bits per heavy atom. The lowest BCUT2D eigenvalue weighted by molar-refractivity contribution is 0.0750. The summed E-state index contributed by atoms with van der Waals surface area (Å²) in [4.78, 5) is 29.2. The molecule has 1 saturated carbocycles. The molecule has 1 amide bonds. The van der Waals surface area contributed by atoms with Crippen molar-refractivity contribution < 1.29 is 13.6 Å². The van der Waals surface area contributed by atoms with E-state index >= 15 is 0 Å². The lowest BCUT2D eigenvalue weighted by Gasteiger charge is -2.41. The number of carbonyl (C=O) groups excluding carboxylic acids is 1. The van der Waals surface area contributed by atoms with Gasteiger partial charge in [0.05, 0.1) is 16.9 Å². The molecule has 170 valence electrons. The van der Waals surface area contributed by atoms with Gasteiger partial charge in [-0.05, 0) is 25.0 Å². The van der Waals surface area contributed by atoms with Crippen LogP contribution < -0.4 is 15.5 Å². The smallest absolute Gasteiger partial charge is 0.271 e. The Balaban J connectivity index is 1.26. The van der Waals surface area contributed by atoms with Crippen molar-refractivity contribution >= 4 is 35.0 Å². The zero-order valence-electron chi connectivity index (χ0n) is 17.6. The maximum absolute atomic E-state index is 13.4. The SMILES string of the molecule is CNC(=O)c1ncc(Nc2nccc(N3C[C@H]4CC[C@@H](C3)N4CC3CC3(F)F)n2)cc1Cl. The zero-order chi connectivity index (χ0) is 22.5. The van der Waals surface area contributed by atoms with Crippen LogP contribution in [0, 0.1) is 5.92 Å². The summed E-state index contributed by atoms with van der Waals surface area (Å²) in [5.74, 6) is -2.14. The molecule has 2 aliphatic heterocycles. The van der Waals surface area contributed by atoms with E-state index in [1.807, 2.05) is 6.07 Å². The van der Waals surface area contributed by atoms with Crippen molar-refractivity contribution in [1.82, 2.24) is 25.2 Å². The molecule has 1 unspecified atom stereocenters. The third-order valence-electron chi connectivity index (χ3n) is 6.52. The topological polar surface area (TPSA) is 86.3 Å². The summed E-state index contributed by atoms with van der Waals surface area (Å²) in [7, 11) is 1.51. The van der Waals surface area contributed by atoms with Gasteiger partial charge in [0.25, 0.3) is 11.8 Å². The van der Waals surface area contributed by atoms with Crippen molar-refractivity contribution in [3.05, 3.63) is 35.2 Å². The van der Waals surface area contributed by atoms with Crippen molar-refractivity contribution in [2.24, 2.45) is 5.92 Å². The molecule has 8 nitrogen and oxygen atoms in total. The number of anilines is 3. The Kier molecular flexibility index (Phi) is 5.37. The van der Waals surface area contributed by atoms with Crippen LogP contribution in [0.5, 0.6) is 0 Å². The van der Waals surface area contributed by atoms with E-state index in [0.29, 0.717) is 18.2 Å². The molecule has 3 fully saturated rings. The molecule has 3 aliphatic rings. The van der Waals surface area contributed by atoms with Crippen molar-refractivity contribution in [2.45, 2.75) is 37.3 Å². The fraction of sp³-hybridized carbons (Fsp3) is 0.524. The van der Waals surface area contributed by atoms with E-state index in [0.717, 1.165) is 31.7 Å². The first-order chi connectivity index (χ1) is 15.3. The second kappa shape index (κ2) is 8.08. The van der Waals surface area contributed by atoms with E-state index in [1.54, 1.807) is 12.3 Å². The van der Waals surface area contributed by atoms with Crippen molar-refractivity contribution in [3.63, 3.8) is 0 Å². The summed E-state index contributed by atoms with van der Waals surface area (Å²) < 4.78 is 26.8. The summed E-state index contributed by atoms with van der Waals surface area (Å²) in [6.45, 7) is 2.02. The molecule has 2 aromatic rings. The molecule has 2 aromatic heterocycles. The third kappa shape index (κ3) is 4.09. The molecular formula is C21H24ClF2N7O. The minimum atomic E-state index is -2.47. The number of alkyl halides is 2. The molecule has 0 aromatic carbocycles. The molecule has 2 bridgehead atoms. The minimum absolute atomic E-state index is 0.0244. The van der Waals surface area contributed by atoms with Crippen LogP contribution in [0.3, 0.4) is 0 Å². The Morgan fingerprint density at radius 2 is 2.00 bits per heavy atom. The number of carbonyl (C=O) groups is 1. The molecule has 0 radical (unpaired) electrons. The number of piperazine rings is 1. The highest BCUT2D eigenvalue weighted by atomic mass is 35.5. The van der Waals surface area contributed by atoms with E-state index in [9.17, 15) is 13.6 Å². The summed E-state index contributed by atoms with van der Waals surface area (Å²) in [6.07, 6.45) is 5.25. The number of nitrogens with zero attached hydrogens (tertiary/aromatic N) is 5. The van der Waals surface area contributed by atoms with Gasteiger partial charge in [0.15, 0.2) is 0 Å². The molecule has 2 saturated heterocycles. The fourth-order valence-corrected chi connectivity index (χ4v) is 4.96. The first-order valence-corrected chi connectivity index (χ1v) is 11.1. The standard InChI is InChI=1S/C21H24ClF2N7O/c1-25-19(32)18-16(22)6-13(8-27-18)28-20-26-5-4-17(29-20)30-10-14-2-3-15(11-30)31(14)9-12-7-21(12,23)24/h4-6,8,12,14-15H,2-3,7,9-11H2,1H3,(H,25,32)(H,26,28,29)/t12?,14-,15+. The number of aromatic nitrogens is 3. The maximum atomic E-state index is 13.4. The van der Waals surface area contributed by atoms with Crippen LogP contribution in [-0.4, -0.2) is 70.4 Å². The molecule has 3 atom stereocenters. The monoisotopic (exact) mass is 463 g/mol. The van der Waals surface area contributed by atoms with Crippen LogP contribution in [0.4, 0.5) is 26.2 Å². The van der Waals surface area contributed by atoms with E-state index in [2.05, 4.69) is 35.4 Å². The van der Waals surface area contributed by atoms with Crippen LogP contribution in [0.2, 0.25) is 5.02 Å². The highest BCUT2D eigenvalue weighted by molar-refractivity contribution is 6.33. The predicted octanol–water partition coefficient (Wildman–Crippen LogP) is 2.94. The van der Waals surface area contributed by atoms with Crippen molar-refractivity contribution in [2.75, 3.05) is 36.9 Å². The number of hydrogen-bond donors (Lipinski definition) is 2. The fourth-order valence-electron chi connectivity index (χ4n) is 4.70. The second-order valence-electron chi connectivity index (χ2n) is 8.65. The van der Waals surface area contributed by atoms with Crippen LogP contribution in [0.1, 0.15) is 29.8 Å². The summed E-state index contributed by atoms with van der Waals surface area (Å²) in [5.41, 5.74) is 0.710. The number of hydrogen-bond acceptors (Lipinski definition) is 7. The molecule has 5 rings (SSSR count). The molecule has 0 spiro atoms. The number of pyridine rings is 1. The first-order valence-electron chi connectivity index (χ1n) is 10.7. The predicted molar refractivity (Wildman–Crippen MR) is 117 cm³/mol. The number of amides is 1. The average molecular weight is 464 g/mol. The number of nitrogens with one attached hydrogen (secondary N) is 2. The summed E-state index contributed by atoms with van der Waals surface area (Å²) in [5, 5.41) is 5.79. The molecule has 11 heteroatoms. The Labute approximate surface area is 189 Å². The normalized spacial score (nSPS) is 26.1. The number of halogens is 3. The lowest BCUT2D eigenvalue weighted by atomic mass is 10.1. The van der Waals surface area contributed by atoms with Gasteiger partial charge < -0.3 is 15.5 Å². The maximum Gasteiger partial charge on any atom is 0.271 e. The minimum Gasteiger partial charge on any atom is -0.354 e. The quantitative estimate of drug-likeness (QED) is 0.681. The van der Waals surface area contributed by atoms with E-state index < -0.39 is 11.8 Å². The molecule has 4 heterocycles. The first kappa shape index (κ1) is 21.3. The Morgan fingerprint density at radius 3 is 2.62 bits per heavy atom. The van der Waals surface area contributed by atoms with Crippen LogP contribution in [0.25, 0.3) is 0 Å². The summed E-state index contributed by atoms with van der Waals surface area (Å²) >= 11 is 6.17. The van der Waals surface area contributed by atoms with Gasteiger partial charge in [-0.1, -0.05) is 11.6 Å². The number of fused-ring (bicyclic) bond motifs is 2.